The predicted octanol–water partition coefficient (Wildman–Crippen LogP) is 4.71. The summed E-state index contributed by atoms with van der Waals surface area (Å²) < 4.78 is 1.61. The average Bonchev–Trinajstić information content (AvgIpc) is 3.31. The molecule has 0 bridgehead atoms. The molecule has 3 heterocycles. The van der Waals surface area contributed by atoms with Crippen molar-refractivity contribution in [1.29, 1.82) is 0 Å². The van der Waals surface area contributed by atoms with Crippen LogP contribution in [0.1, 0.15) is 32.4 Å². The third-order valence-electron chi connectivity index (χ3n) is 5.35. The van der Waals surface area contributed by atoms with Crippen LogP contribution in [0, 0.1) is 5.41 Å². The van der Waals surface area contributed by atoms with Gasteiger partial charge in [-0.05, 0) is 46.5 Å². The second-order valence-electron chi connectivity index (χ2n) is 8.55. The van der Waals surface area contributed by atoms with Crippen LogP contribution in [0.25, 0.3) is 22.2 Å². The third kappa shape index (κ3) is 4.68. The van der Waals surface area contributed by atoms with Gasteiger partial charge in [0.15, 0.2) is 0 Å². The molecule has 0 saturated heterocycles. The summed E-state index contributed by atoms with van der Waals surface area (Å²) in [5, 5.41) is 18.0. The zero-order valence-electron chi connectivity index (χ0n) is 17.9. The SMILES string of the molecule is C[C@H](Nc1ncc2ccc(=O)n(CC(C)(C)CO)c2n1)c1ccc(-c2ccsc2)cc1. The molecule has 4 rings (SSSR count). The van der Waals surface area contributed by atoms with Gasteiger partial charge >= 0.3 is 0 Å². The minimum absolute atomic E-state index is 0.00765. The molecule has 0 aliphatic carbocycles. The third-order valence-corrected chi connectivity index (χ3v) is 6.03. The molecule has 2 N–H and O–H groups in total. The van der Waals surface area contributed by atoms with E-state index in [9.17, 15) is 9.90 Å². The molecule has 1 atom stereocenters. The van der Waals surface area contributed by atoms with Crippen molar-refractivity contribution in [2.75, 3.05) is 11.9 Å². The summed E-state index contributed by atoms with van der Waals surface area (Å²) in [6, 6.07) is 13.8. The van der Waals surface area contributed by atoms with Crippen molar-refractivity contribution in [3.63, 3.8) is 0 Å². The van der Waals surface area contributed by atoms with E-state index in [0.717, 1.165) is 10.9 Å². The van der Waals surface area contributed by atoms with Crippen molar-refractivity contribution in [2.24, 2.45) is 5.41 Å². The fourth-order valence-corrected chi connectivity index (χ4v) is 4.11. The number of aromatic nitrogens is 3. The van der Waals surface area contributed by atoms with Crippen LogP contribution in [-0.4, -0.2) is 26.2 Å². The number of hydrogen-bond donors (Lipinski definition) is 2. The van der Waals surface area contributed by atoms with Crippen LogP contribution in [-0.2, 0) is 6.54 Å². The maximum Gasteiger partial charge on any atom is 0.252 e. The number of pyridine rings is 1. The van der Waals surface area contributed by atoms with Crippen molar-refractivity contribution in [3.05, 3.63) is 75.3 Å². The molecule has 0 unspecified atom stereocenters. The zero-order chi connectivity index (χ0) is 22.0. The van der Waals surface area contributed by atoms with E-state index in [1.807, 2.05) is 13.8 Å². The highest BCUT2D eigenvalue weighted by Crippen LogP contribution is 2.25. The van der Waals surface area contributed by atoms with Crippen LogP contribution in [0.4, 0.5) is 5.95 Å². The molecule has 31 heavy (non-hydrogen) atoms. The molecule has 0 aliphatic heterocycles. The lowest BCUT2D eigenvalue weighted by atomic mass is 9.95. The Morgan fingerprint density at radius 3 is 2.58 bits per heavy atom. The average molecular weight is 435 g/mol. The molecule has 0 aliphatic rings. The molecule has 6 nitrogen and oxygen atoms in total. The normalized spacial score (nSPS) is 12.8. The molecule has 160 valence electrons. The molecular weight excluding hydrogens is 408 g/mol. The van der Waals surface area contributed by atoms with Gasteiger partial charge in [0.1, 0.15) is 5.65 Å². The van der Waals surface area contributed by atoms with Gasteiger partial charge in [-0.25, -0.2) is 4.98 Å². The number of rotatable bonds is 7. The van der Waals surface area contributed by atoms with Crippen LogP contribution in [0.5, 0.6) is 0 Å². The molecule has 0 amide bonds. The van der Waals surface area contributed by atoms with E-state index in [0.29, 0.717) is 18.1 Å². The van der Waals surface area contributed by atoms with E-state index in [-0.39, 0.29) is 18.2 Å². The Kier molecular flexibility index (Phi) is 5.89. The standard InChI is InChI=1S/C24H26N4O2S/c1-16(17-4-6-18(7-5-17)20-10-11-31-13-20)26-23-25-12-19-8-9-21(30)28(22(19)27-23)14-24(2,3)15-29/h4-13,16,29H,14-15H2,1-3H3,(H,25,26,27)/t16-/m0/s1. The van der Waals surface area contributed by atoms with Gasteiger partial charge in [0.25, 0.3) is 5.56 Å². The first-order valence-electron chi connectivity index (χ1n) is 10.2. The number of benzene rings is 1. The molecule has 4 aromatic rings. The van der Waals surface area contributed by atoms with Crippen molar-refractivity contribution >= 4 is 28.3 Å². The van der Waals surface area contributed by atoms with E-state index in [1.165, 1.54) is 17.2 Å². The molecule has 0 fully saturated rings. The summed E-state index contributed by atoms with van der Waals surface area (Å²) in [4.78, 5) is 21.6. The number of nitrogens with one attached hydrogen (secondary N) is 1. The Hall–Kier alpha value is -3.03. The van der Waals surface area contributed by atoms with Crippen LogP contribution >= 0.6 is 11.3 Å². The van der Waals surface area contributed by atoms with Crippen LogP contribution < -0.4 is 10.9 Å². The number of hydrogen-bond acceptors (Lipinski definition) is 6. The first-order valence-corrected chi connectivity index (χ1v) is 11.2. The van der Waals surface area contributed by atoms with Gasteiger partial charge in [0.05, 0.1) is 6.04 Å². The van der Waals surface area contributed by atoms with E-state index < -0.39 is 5.41 Å². The molecule has 7 heteroatoms. The van der Waals surface area contributed by atoms with E-state index in [1.54, 1.807) is 28.2 Å². The molecular formula is C24H26N4O2S. The minimum atomic E-state index is -0.436. The number of aliphatic hydroxyl groups is 1. The highest BCUT2D eigenvalue weighted by atomic mass is 32.1. The largest absolute Gasteiger partial charge is 0.396 e. The van der Waals surface area contributed by atoms with Gasteiger partial charge in [-0.2, -0.15) is 16.3 Å². The summed E-state index contributed by atoms with van der Waals surface area (Å²) in [6.07, 6.45) is 1.72. The van der Waals surface area contributed by atoms with Crippen molar-refractivity contribution < 1.29 is 5.11 Å². The number of aliphatic hydroxyl groups excluding tert-OH is 1. The number of anilines is 1. The van der Waals surface area contributed by atoms with Crippen LogP contribution in [0.15, 0.2) is 64.2 Å². The first-order chi connectivity index (χ1) is 14.9. The summed E-state index contributed by atoms with van der Waals surface area (Å²) in [7, 11) is 0. The van der Waals surface area contributed by atoms with Crippen LogP contribution in [0.2, 0.25) is 0 Å². The lowest BCUT2D eigenvalue weighted by Gasteiger charge is -2.23. The molecule has 1 aromatic carbocycles. The molecule has 0 spiro atoms. The number of thiophene rings is 1. The monoisotopic (exact) mass is 434 g/mol. The highest BCUT2D eigenvalue weighted by molar-refractivity contribution is 7.08. The van der Waals surface area contributed by atoms with Gasteiger partial charge in [-0.3, -0.25) is 9.36 Å². The first kappa shape index (κ1) is 21.2. The summed E-state index contributed by atoms with van der Waals surface area (Å²) in [5.74, 6) is 0.461. The second-order valence-corrected chi connectivity index (χ2v) is 9.33. The summed E-state index contributed by atoms with van der Waals surface area (Å²) >= 11 is 1.69. The lowest BCUT2D eigenvalue weighted by Crippen LogP contribution is -2.31. The predicted molar refractivity (Wildman–Crippen MR) is 126 cm³/mol. The second kappa shape index (κ2) is 8.61. The topological polar surface area (TPSA) is 80.0 Å². The van der Waals surface area contributed by atoms with Crippen LogP contribution in [0.3, 0.4) is 0 Å². The van der Waals surface area contributed by atoms with Gasteiger partial charge in [-0.1, -0.05) is 38.1 Å². The zero-order valence-corrected chi connectivity index (χ0v) is 18.7. The maximum absolute atomic E-state index is 12.5. The Bertz CT molecular complexity index is 1230. The minimum Gasteiger partial charge on any atom is -0.396 e. The van der Waals surface area contributed by atoms with Gasteiger partial charge in [-0.15, -0.1) is 0 Å². The fraction of sp³-hybridized carbons (Fsp3) is 0.292. The quantitative estimate of drug-likeness (QED) is 0.440. The van der Waals surface area contributed by atoms with E-state index >= 15 is 0 Å². The molecule has 3 aromatic heterocycles. The number of nitrogens with zero attached hydrogens (tertiary/aromatic N) is 3. The van der Waals surface area contributed by atoms with E-state index in [2.05, 4.69) is 63.3 Å². The lowest BCUT2D eigenvalue weighted by molar-refractivity contribution is 0.141. The fourth-order valence-electron chi connectivity index (χ4n) is 3.44. The van der Waals surface area contributed by atoms with Crippen molar-refractivity contribution in [3.8, 4) is 11.1 Å². The van der Waals surface area contributed by atoms with Gasteiger partial charge < -0.3 is 10.4 Å². The van der Waals surface area contributed by atoms with Crippen molar-refractivity contribution in [2.45, 2.75) is 33.4 Å². The number of fused-ring (bicyclic) bond motifs is 1. The Labute approximate surface area is 185 Å². The smallest absolute Gasteiger partial charge is 0.252 e. The Morgan fingerprint density at radius 1 is 1.13 bits per heavy atom. The van der Waals surface area contributed by atoms with E-state index in [4.69, 9.17) is 0 Å². The molecule has 0 radical (unpaired) electrons. The Morgan fingerprint density at radius 2 is 1.90 bits per heavy atom. The Balaban J connectivity index is 1.60. The summed E-state index contributed by atoms with van der Waals surface area (Å²) in [6.45, 7) is 6.24. The molecule has 0 saturated carbocycles. The summed E-state index contributed by atoms with van der Waals surface area (Å²) in [5.41, 5.74) is 3.51. The van der Waals surface area contributed by atoms with Crippen molar-refractivity contribution in [1.82, 2.24) is 14.5 Å². The van der Waals surface area contributed by atoms with Gasteiger partial charge in [0, 0.05) is 36.2 Å². The maximum atomic E-state index is 12.5. The highest BCUT2D eigenvalue weighted by Gasteiger charge is 2.20. The van der Waals surface area contributed by atoms with Gasteiger partial charge in [0.2, 0.25) is 5.95 Å².